The van der Waals surface area contributed by atoms with E-state index in [4.69, 9.17) is 22.1 Å². The molecule has 1 aliphatic rings. The van der Waals surface area contributed by atoms with Gasteiger partial charge in [0.15, 0.2) is 0 Å². The highest BCUT2D eigenvalue weighted by Gasteiger charge is 2.24. The van der Waals surface area contributed by atoms with Gasteiger partial charge < -0.3 is 15.4 Å². The zero-order valence-corrected chi connectivity index (χ0v) is 16.6. The maximum Gasteiger partial charge on any atom is 0.254 e. The van der Waals surface area contributed by atoms with Crippen LogP contribution in [-0.4, -0.2) is 47.9 Å². The van der Waals surface area contributed by atoms with E-state index in [-0.39, 0.29) is 5.91 Å². The molecule has 0 unspecified atom stereocenters. The van der Waals surface area contributed by atoms with Crippen LogP contribution in [0.15, 0.2) is 42.5 Å². The molecule has 0 saturated carbocycles. The first-order valence-electron chi connectivity index (χ1n) is 9.27. The van der Waals surface area contributed by atoms with Gasteiger partial charge in [0, 0.05) is 54.9 Å². The molecule has 1 saturated heterocycles. The number of halogens is 1. The predicted molar refractivity (Wildman–Crippen MR) is 108 cm³/mol. The van der Waals surface area contributed by atoms with E-state index in [0.29, 0.717) is 34.7 Å². The van der Waals surface area contributed by atoms with Gasteiger partial charge >= 0.3 is 0 Å². The molecule has 1 amide bonds. The predicted octanol–water partition coefficient (Wildman–Crippen LogP) is 3.76. The number of nitrogens with zero attached hydrogens (tertiary/aromatic N) is 2. The lowest BCUT2D eigenvalue weighted by molar-refractivity contribution is 0.0595. The molecule has 0 radical (unpaired) electrons. The lowest BCUT2D eigenvalue weighted by Crippen LogP contribution is -2.50. The van der Waals surface area contributed by atoms with Gasteiger partial charge in [-0.2, -0.15) is 0 Å². The maximum absolute atomic E-state index is 12.9. The number of carbonyl (C=O) groups is 1. The van der Waals surface area contributed by atoms with Gasteiger partial charge in [0.1, 0.15) is 11.5 Å². The number of hydrogen-bond acceptors (Lipinski definition) is 4. The fourth-order valence-corrected chi connectivity index (χ4v) is 3.33. The minimum Gasteiger partial charge on any atom is -0.457 e. The minimum atomic E-state index is 0.0305. The second kappa shape index (κ2) is 8.74. The molecule has 1 heterocycles. The van der Waals surface area contributed by atoms with Crippen molar-refractivity contribution in [3.05, 3.63) is 58.6 Å². The average Bonchev–Trinajstić information content (AvgIpc) is 2.69. The van der Waals surface area contributed by atoms with Crippen molar-refractivity contribution >= 4 is 17.5 Å². The molecule has 0 bridgehead atoms. The molecular formula is C21H26ClN3O2. The fraction of sp³-hybridized carbons (Fsp3) is 0.381. The highest BCUT2D eigenvalue weighted by molar-refractivity contribution is 6.30. The highest BCUT2D eigenvalue weighted by atomic mass is 35.5. The van der Waals surface area contributed by atoms with Crippen LogP contribution >= 0.6 is 11.6 Å². The smallest absolute Gasteiger partial charge is 0.254 e. The molecule has 3 rings (SSSR count). The number of piperazine rings is 1. The summed E-state index contributed by atoms with van der Waals surface area (Å²) < 4.78 is 5.96. The molecule has 0 aromatic heterocycles. The lowest BCUT2D eigenvalue weighted by Gasteiger charge is -2.37. The van der Waals surface area contributed by atoms with Gasteiger partial charge in [0.2, 0.25) is 0 Å². The summed E-state index contributed by atoms with van der Waals surface area (Å²) in [5, 5.41) is 0.644. The summed E-state index contributed by atoms with van der Waals surface area (Å²) in [7, 11) is 0. The second-order valence-electron chi connectivity index (χ2n) is 7.00. The van der Waals surface area contributed by atoms with E-state index in [2.05, 4.69) is 18.7 Å². The van der Waals surface area contributed by atoms with Crippen LogP contribution < -0.4 is 10.5 Å². The van der Waals surface area contributed by atoms with Crippen LogP contribution in [0.5, 0.6) is 11.5 Å². The number of amides is 1. The van der Waals surface area contributed by atoms with Crippen molar-refractivity contribution in [2.24, 2.45) is 5.73 Å². The van der Waals surface area contributed by atoms with Crippen molar-refractivity contribution in [1.82, 2.24) is 9.80 Å². The molecule has 0 atom stereocenters. The first kappa shape index (κ1) is 19.7. The fourth-order valence-electron chi connectivity index (χ4n) is 3.20. The maximum atomic E-state index is 12.9. The Hall–Kier alpha value is -2.08. The summed E-state index contributed by atoms with van der Waals surface area (Å²) in [6.45, 7) is 7.99. The van der Waals surface area contributed by atoms with Gasteiger partial charge in [-0.1, -0.05) is 17.7 Å². The molecule has 2 aromatic carbocycles. The summed E-state index contributed by atoms with van der Waals surface area (Å²) in [4.78, 5) is 17.2. The number of nitrogens with two attached hydrogens (primary N) is 1. The van der Waals surface area contributed by atoms with Crippen LogP contribution in [-0.2, 0) is 6.54 Å². The number of ether oxygens (including phenoxy) is 1. The Morgan fingerprint density at radius 2 is 1.78 bits per heavy atom. The standard InChI is InChI=1S/C21H26ClN3O2/c1-15(2)24-9-11-25(12-10-24)21(26)16-3-4-17(14-23)20(13-16)27-19-7-5-18(22)6-8-19/h3-8,13,15H,9-12,14,23H2,1-2H3. The Bertz CT molecular complexity index is 785. The summed E-state index contributed by atoms with van der Waals surface area (Å²) in [5.74, 6) is 1.29. The Morgan fingerprint density at radius 3 is 2.37 bits per heavy atom. The molecule has 0 aliphatic carbocycles. The zero-order chi connectivity index (χ0) is 19.4. The van der Waals surface area contributed by atoms with E-state index in [1.54, 1.807) is 30.3 Å². The van der Waals surface area contributed by atoms with Gasteiger partial charge in [-0.25, -0.2) is 0 Å². The van der Waals surface area contributed by atoms with Crippen LogP contribution in [0.1, 0.15) is 29.8 Å². The Labute approximate surface area is 165 Å². The summed E-state index contributed by atoms with van der Waals surface area (Å²) in [6.07, 6.45) is 0. The molecule has 1 aliphatic heterocycles. The van der Waals surface area contributed by atoms with Crippen molar-refractivity contribution in [2.75, 3.05) is 26.2 Å². The minimum absolute atomic E-state index is 0.0305. The summed E-state index contributed by atoms with van der Waals surface area (Å²) in [6, 6.07) is 13.1. The van der Waals surface area contributed by atoms with E-state index in [0.717, 1.165) is 31.7 Å². The summed E-state index contributed by atoms with van der Waals surface area (Å²) in [5.41, 5.74) is 7.31. The summed E-state index contributed by atoms with van der Waals surface area (Å²) >= 11 is 5.93. The first-order valence-corrected chi connectivity index (χ1v) is 9.65. The Morgan fingerprint density at radius 1 is 1.11 bits per heavy atom. The number of benzene rings is 2. The van der Waals surface area contributed by atoms with Crippen molar-refractivity contribution in [3.63, 3.8) is 0 Å². The van der Waals surface area contributed by atoms with Crippen molar-refractivity contribution in [2.45, 2.75) is 26.4 Å². The van der Waals surface area contributed by atoms with Crippen LogP contribution in [0.25, 0.3) is 0 Å². The second-order valence-corrected chi connectivity index (χ2v) is 7.44. The molecule has 144 valence electrons. The highest BCUT2D eigenvalue weighted by Crippen LogP contribution is 2.28. The molecule has 1 fully saturated rings. The topological polar surface area (TPSA) is 58.8 Å². The van der Waals surface area contributed by atoms with E-state index in [9.17, 15) is 4.79 Å². The van der Waals surface area contributed by atoms with Gasteiger partial charge in [0.25, 0.3) is 5.91 Å². The molecule has 5 nitrogen and oxygen atoms in total. The normalized spacial score (nSPS) is 15.2. The van der Waals surface area contributed by atoms with E-state index in [1.165, 1.54) is 0 Å². The van der Waals surface area contributed by atoms with Gasteiger partial charge in [-0.05, 0) is 50.2 Å². The van der Waals surface area contributed by atoms with Gasteiger partial charge in [0.05, 0.1) is 0 Å². The third-order valence-corrected chi connectivity index (χ3v) is 5.16. The SMILES string of the molecule is CC(C)N1CCN(C(=O)c2ccc(CN)c(Oc3ccc(Cl)cc3)c2)CC1. The lowest BCUT2D eigenvalue weighted by atomic mass is 10.1. The zero-order valence-electron chi connectivity index (χ0n) is 15.8. The third kappa shape index (κ3) is 4.80. The molecule has 2 aromatic rings. The first-order chi connectivity index (χ1) is 13.0. The molecule has 27 heavy (non-hydrogen) atoms. The quantitative estimate of drug-likeness (QED) is 0.848. The average molecular weight is 388 g/mol. The number of carbonyl (C=O) groups excluding carboxylic acids is 1. The monoisotopic (exact) mass is 387 g/mol. The number of rotatable bonds is 5. The van der Waals surface area contributed by atoms with Crippen LogP contribution in [0.2, 0.25) is 5.02 Å². The largest absolute Gasteiger partial charge is 0.457 e. The molecule has 2 N–H and O–H groups in total. The molecule has 0 spiro atoms. The van der Waals surface area contributed by atoms with Crippen LogP contribution in [0.4, 0.5) is 0 Å². The van der Waals surface area contributed by atoms with Crippen molar-refractivity contribution in [3.8, 4) is 11.5 Å². The van der Waals surface area contributed by atoms with Crippen molar-refractivity contribution in [1.29, 1.82) is 0 Å². The van der Waals surface area contributed by atoms with Crippen LogP contribution in [0, 0.1) is 0 Å². The van der Waals surface area contributed by atoms with E-state index >= 15 is 0 Å². The van der Waals surface area contributed by atoms with Crippen molar-refractivity contribution < 1.29 is 9.53 Å². The Balaban J connectivity index is 1.76. The van der Waals surface area contributed by atoms with E-state index < -0.39 is 0 Å². The third-order valence-electron chi connectivity index (χ3n) is 4.91. The molecule has 6 heteroatoms. The van der Waals surface area contributed by atoms with Gasteiger partial charge in [-0.3, -0.25) is 9.69 Å². The van der Waals surface area contributed by atoms with Crippen LogP contribution in [0.3, 0.4) is 0 Å². The van der Waals surface area contributed by atoms with E-state index in [1.807, 2.05) is 17.0 Å². The van der Waals surface area contributed by atoms with Gasteiger partial charge in [-0.15, -0.1) is 0 Å². The number of hydrogen-bond donors (Lipinski definition) is 1. The molecular weight excluding hydrogens is 362 g/mol. The Kier molecular flexibility index (Phi) is 6.37.